The fourth-order valence-corrected chi connectivity index (χ4v) is 2.65. The van der Waals surface area contributed by atoms with Gasteiger partial charge in [-0.05, 0) is 34.8 Å². The number of piperidine rings is 1. The lowest BCUT2D eigenvalue weighted by atomic mass is 10.0. The Morgan fingerprint density at radius 1 is 1.50 bits per heavy atom. The van der Waals surface area contributed by atoms with Crippen molar-refractivity contribution in [2.45, 2.75) is 18.9 Å². The van der Waals surface area contributed by atoms with Crippen LogP contribution in [0.25, 0.3) is 0 Å². The first-order valence-corrected chi connectivity index (χ1v) is 7.21. The number of hydrogen-bond acceptors (Lipinski definition) is 4. The lowest BCUT2D eigenvalue weighted by molar-refractivity contribution is -0.125. The summed E-state index contributed by atoms with van der Waals surface area (Å²) in [7, 11) is 1.49. The number of methoxy groups -OCH3 is 1. The number of rotatable bonds is 4. The third kappa shape index (κ3) is 3.61. The van der Waals surface area contributed by atoms with Crippen molar-refractivity contribution in [3.8, 4) is 0 Å². The van der Waals surface area contributed by atoms with E-state index in [1.807, 2.05) is 0 Å². The first-order valence-electron chi connectivity index (χ1n) is 6.42. The SMILES string of the molecule is COCC(=O)NC1CCN(C(=O)c2ccoc2Br)CC1. The van der Waals surface area contributed by atoms with E-state index >= 15 is 0 Å². The van der Waals surface area contributed by atoms with Gasteiger partial charge in [0.05, 0.1) is 11.8 Å². The van der Waals surface area contributed by atoms with E-state index in [9.17, 15) is 9.59 Å². The molecule has 0 atom stereocenters. The molecule has 0 bridgehead atoms. The number of furan rings is 1. The van der Waals surface area contributed by atoms with Gasteiger partial charge in [0.2, 0.25) is 5.91 Å². The Hall–Kier alpha value is -1.34. The van der Waals surface area contributed by atoms with Crippen LogP contribution >= 0.6 is 15.9 Å². The number of amides is 2. The van der Waals surface area contributed by atoms with Crippen LogP contribution in [0.3, 0.4) is 0 Å². The number of ether oxygens (including phenoxy) is 1. The topological polar surface area (TPSA) is 71.8 Å². The zero-order valence-corrected chi connectivity index (χ0v) is 12.8. The highest BCUT2D eigenvalue weighted by atomic mass is 79.9. The Balaban J connectivity index is 1.84. The monoisotopic (exact) mass is 344 g/mol. The molecule has 2 amide bonds. The van der Waals surface area contributed by atoms with E-state index in [0.29, 0.717) is 23.3 Å². The zero-order valence-electron chi connectivity index (χ0n) is 11.2. The highest BCUT2D eigenvalue weighted by molar-refractivity contribution is 9.10. The summed E-state index contributed by atoms with van der Waals surface area (Å²) in [5.74, 6) is -0.165. The van der Waals surface area contributed by atoms with Gasteiger partial charge in [0.25, 0.3) is 5.91 Å². The molecule has 110 valence electrons. The largest absolute Gasteiger partial charge is 0.457 e. The maximum absolute atomic E-state index is 12.2. The Labute approximate surface area is 125 Å². The van der Waals surface area contributed by atoms with Gasteiger partial charge in [-0.2, -0.15) is 0 Å². The number of halogens is 1. The van der Waals surface area contributed by atoms with Gasteiger partial charge in [-0.3, -0.25) is 9.59 Å². The van der Waals surface area contributed by atoms with E-state index in [2.05, 4.69) is 21.2 Å². The molecule has 2 rings (SSSR count). The summed E-state index contributed by atoms with van der Waals surface area (Å²) in [6.07, 6.45) is 2.97. The second kappa shape index (κ2) is 6.90. The smallest absolute Gasteiger partial charge is 0.258 e. The molecule has 1 fully saturated rings. The summed E-state index contributed by atoms with van der Waals surface area (Å²) in [6, 6.07) is 1.76. The van der Waals surface area contributed by atoms with Crippen LogP contribution < -0.4 is 5.32 Å². The van der Waals surface area contributed by atoms with Crippen molar-refractivity contribution in [1.29, 1.82) is 0 Å². The summed E-state index contributed by atoms with van der Waals surface area (Å²) >= 11 is 3.21. The Morgan fingerprint density at radius 3 is 2.75 bits per heavy atom. The van der Waals surface area contributed by atoms with Gasteiger partial charge >= 0.3 is 0 Å². The predicted octanol–water partition coefficient (Wildman–Crippen LogP) is 1.41. The van der Waals surface area contributed by atoms with E-state index in [1.165, 1.54) is 13.4 Å². The molecule has 0 radical (unpaired) electrons. The molecular weight excluding hydrogens is 328 g/mol. The molecule has 1 N–H and O–H groups in total. The molecule has 1 saturated heterocycles. The van der Waals surface area contributed by atoms with Crippen molar-refractivity contribution in [3.05, 3.63) is 22.6 Å². The van der Waals surface area contributed by atoms with Gasteiger partial charge in [-0.1, -0.05) is 0 Å². The van der Waals surface area contributed by atoms with Crippen LogP contribution in [0.1, 0.15) is 23.2 Å². The molecule has 20 heavy (non-hydrogen) atoms. The first-order chi connectivity index (χ1) is 9.61. The highest BCUT2D eigenvalue weighted by Gasteiger charge is 2.26. The minimum Gasteiger partial charge on any atom is -0.457 e. The molecule has 1 aromatic heterocycles. The molecule has 0 spiro atoms. The van der Waals surface area contributed by atoms with Crippen molar-refractivity contribution in [1.82, 2.24) is 10.2 Å². The van der Waals surface area contributed by atoms with Gasteiger partial charge in [0, 0.05) is 26.2 Å². The van der Waals surface area contributed by atoms with E-state index < -0.39 is 0 Å². The minimum atomic E-state index is -0.116. The fourth-order valence-electron chi connectivity index (χ4n) is 2.24. The quantitative estimate of drug-likeness (QED) is 0.896. The summed E-state index contributed by atoms with van der Waals surface area (Å²) in [6.45, 7) is 1.31. The van der Waals surface area contributed by atoms with Gasteiger partial charge < -0.3 is 19.4 Å². The van der Waals surface area contributed by atoms with Crippen LogP contribution in [0.2, 0.25) is 0 Å². The molecule has 0 saturated carbocycles. The molecule has 1 aliphatic rings. The lowest BCUT2D eigenvalue weighted by Gasteiger charge is -2.32. The van der Waals surface area contributed by atoms with Crippen molar-refractivity contribution in [2.75, 3.05) is 26.8 Å². The molecule has 0 aliphatic carbocycles. The molecule has 1 aromatic rings. The normalized spacial score (nSPS) is 16.2. The number of carbonyl (C=O) groups is 2. The standard InChI is InChI=1S/C13H17BrN2O4/c1-19-8-11(17)15-9-2-5-16(6-3-9)13(18)10-4-7-20-12(10)14/h4,7,9H,2-3,5-6,8H2,1H3,(H,15,17). The molecule has 0 aromatic carbocycles. The third-order valence-electron chi connectivity index (χ3n) is 3.27. The second-order valence-electron chi connectivity index (χ2n) is 4.67. The number of nitrogens with one attached hydrogen (secondary N) is 1. The van der Waals surface area contributed by atoms with E-state index in [-0.39, 0.29) is 24.5 Å². The van der Waals surface area contributed by atoms with Crippen LogP contribution in [0.15, 0.2) is 21.4 Å². The minimum absolute atomic E-state index is 0.0488. The zero-order chi connectivity index (χ0) is 14.5. The average molecular weight is 345 g/mol. The molecule has 1 aliphatic heterocycles. The maximum atomic E-state index is 12.2. The average Bonchev–Trinajstić information content (AvgIpc) is 2.85. The van der Waals surface area contributed by atoms with Crippen molar-refractivity contribution >= 4 is 27.7 Å². The first kappa shape index (κ1) is 15.1. The molecule has 6 nitrogen and oxygen atoms in total. The number of hydrogen-bond donors (Lipinski definition) is 1. The number of likely N-dealkylation sites (tertiary alicyclic amines) is 1. The van der Waals surface area contributed by atoms with Crippen LogP contribution in [-0.2, 0) is 9.53 Å². The number of carbonyl (C=O) groups excluding carboxylic acids is 2. The number of nitrogens with zero attached hydrogens (tertiary/aromatic N) is 1. The van der Waals surface area contributed by atoms with E-state index in [4.69, 9.17) is 9.15 Å². The van der Waals surface area contributed by atoms with Crippen molar-refractivity contribution < 1.29 is 18.7 Å². The Morgan fingerprint density at radius 2 is 2.20 bits per heavy atom. The highest BCUT2D eigenvalue weighted by Crippen LogP contribution is 2.21. The van der Waals surface area contributed by atoms with Crippen LogP contribution in [0.4, 0.5) is 0 Å². The predicted molar refractivity (Wildman–Crippen MR) is 75.4 cm³/mol. The summed E-state index contributed by atoms with van der Waals surface area (Å²) < 4.78 is 10.3. The lowest BCUT2D eigenvalue weighted by Crippen LogP contribution is -2.47. The summed E-state index contributed by atoms with van der Waals surface area (Å²) in [5.41, 5.74) is 0.534. The maximum Gasteiger partial charge on any atom is 0.258 e. The summed E-state index contributed by atoms with van der Waals surface area (Å²) in [5, 5.41) is 2.90. The molecule has 7 heteroatoms. The van der Waals surface area contributed by atoms with Crippen molar-refractivity contribution in [2.24, 2.45) is 0 Å². The van der Waals surface area contributed by atoms with Crippen LogP contribution in [0.5, 0.6) is 0 Å². The third-order valence-corrected chi connectivity index (χ3v) is 3.89. The van der Waals surface area contributed by atoms with E-state index in [1.54, 1.807) is 11.0 Å². The molecule has 2 heterocycles. The van der Waals surface area contributed by atoms with Gasteiger partial charge in [0.1, 0.15) is 6.61 Å². The van der Waals surface area contributed by atoms with Gasteiger partial charge in [-0.25, -0.2) is 0 Å². The Kier molecular flexibility index (Phi) is 5.19. The molecular formula is C13H17BrN2O4. The van der Waals surface area contributed by atoms with Gasteiger partial charge in [-0.15, -0.1) is 0 Å². The van der Waals surface area contributed by atoms with Crippen LogP contribution in [-0.4, -0.2) is 49.6 Å². The second-order valence-corrected chi connectivity index (χ2v) is 5.40. The summed E-state index contributed by atoms with van der Waals surface area (Å²) in [4.78, 5) is 25.4. The Bertz CT molecular complexity index is 480. The van der Waals surface area contributed by atoms with Crippen molar-refractivity contribution in [3.63, 3.8) is 0 Å². The van der Waals surface area contributed by atoms with Crippen LogP contribution in [0, 0.1) is 0 Å². The van der Waals surface area contributed by atoms with Gasteiger partial charge in [0.15, 0.2) is 4.67 Å². The fraction of sp³-hybridized carbons (Fsp3) is 0.538. The van der Waals surface area contributed by atoms with E-state index in [0.717, 1.165) is 12.8 Å². The molecule has 0 unspecified atom stereocenters.